The number of carbonyl (C=O) groups is 1. The van der Waals surface area contributed by atoms with Gasteiger partial charge in [0.2, 0.25) is 5.24 Å². The van der Waals surface area contributed by atoms with Crippen molar-refractivity contribution in [1.82, 2.24) is 9.78 Å². The van der Waals surface area contributed by atoms with Crippen LogP contribution in [0, 0.1) is 5.82 Å². The van der Waals surface area contributed by atoms with E-state index < -0.39 is 11.2 Å². The minimum Gasteiger partial charge on any atom is -0.281 e. The van der Waals surface area contributed by atoms with Gasteiger partial charge in [0.15, 0.2) is 0 Å². The Labute approximate surface area is 148 Å². The molecule has 0 bridgehead atoms. The third-order valence-electron chi connectivity index (χ3n) is 3.74. The number of carbonyl (C=O) groups excluding carboxylic acids is 1. The van der Waals surface area contributed by atoms with Crippen LogP contribution in [-0.2, 0) is 4.79 Å². The molecular formula is C18H13Cl2FN2O. The summed E-state index contributed by atoms with van der Waals surface area (Å²) in [4.78, 5) is 11.6. The molecule has 3 rings (SSSR count). The lowest BCUT2D eigenvalue weighted by Gasteiger charge is -2.06. The Morgan fingerprint density at radius 1 is 1.12 bits per heavy atom. The van der Waals surface area contributed by atoms with E-state index in [2.05, 4.69) is 5.10 Å². The Morgan fingerprint density at radius 3 is 2.33 bits per heavy atom. The van der Waals surface area contributed by atoms with Crippen LogP contribution in [0.5, 0.6) is 0 Å². The van der Waals surface area contributed by atoms with Gasteiger partial charge in [-0.2, -0.15) is 5.10 Å². The summed E-state index contributed by atoms with van der Waals surface area (Å²) in [6.45, 7) is 1.70. The van der Waals surface area contributed by atoms with Crippen LogP contribution >= 0.6 is 23.2 Å². The first-order valence-electron chi connectivity index (χ1n) is 7.26. The molecule has 3 nitrogen and oxygen atoms in total. The predicted octanol–water partition coefficient (Wildman–Crippen LogP) is 5.20. The normalized spacial score (nSPS) is 12.2. The number of benzene rings is 2. The fourth-order valence-electron chi connectivity index (χ4n) is 2.39. The molecule has 0 amide bonds. The van der Waals surface area contributed by atoms with Crippen molar-refractivity contribution < 1.29 is 9.18 Å². The molecule has 24 heavy (non-hydrogen) atoms. The highest BCUT2D eigenvalue weighted by Crippen LogP contribution is 2.31. The van der Waals surface area contributed by atoms with E-state index >= 15 is 0 Å². The zero-order chi connectivity index (χ0) is 17.3. The minimum atomic E-state index is -0.570. The molecule has 6 heteroatoms. The Kier molecular flexibility index (Phi) is 4.69. The molecule has 0 aliphatic carbocycles. The van der Waals surface area contributed by atoms with Crippen LogP contribution in [-0.4, -0.2) is 15.0 Å². The molecular weight excluding hydrogens is 350 g/mol. The SMILES string of the molecule is CC(C(=O)Cl)c1nn(-c2ccc(F)cc2)cc1-c1ccc(Cl)cc1. The lowest BCUT2D eigenvalue weighted by atomic mass is 10.00. The van der Waals surface area contributed by atoms with Crippen LogP contribution in [0.3, 0.4) is 0 Å². The van der Waals surface area contributed by atoms with Crippen molar-refractivity contribution in [1.29, 1.82) is 0 Å². The lowest BCUT2D eigenvalue weighted by Crippen LogP contribution is -2.05. The van der Waals surface area contributed by atoms with Crippen LogP contribution in [0.2, 0.25) is 5.02 Å². The van der Waals surface area contributed by atoms with Crippen molar-refractivity contribution >= 4 is 28.4 Å². The first-order chi connectivity index (χ1) is 11.5. The van der Waals surface area contributed by atoms with Gasteiger partial charge in [-0.1, -0.05) is 23.7 Å². The summed E-state index contributed by atoms with van der Waals surface area (Å²) >= 11 is 11.6. The highest BCUT2D eigenvalue weighted by molar-refractivity contribution is 6.64. The molecule has 1 unspecified atom stereocenters. The molecule has 2 aromatic carbocycles. The average Bonchev–Trinajstić information content (AvgIpc) is 3.00. The van der Waals surface area contributed by atoms with E-state index in [4.69, 9.17) is 23.2 Å². The third-order valence-corrected chi connectivity index (χ3v) is 4.32. The van der Waals surface area contributed by atoms with Gasteiger partial charge >= 0.3 is 0 Å². The van der Waals surface area contributed by atoms with Crippen molar-refractivity contribution in [2.24, 2.45) is 0 Å². The van der Waals surface area contributed by atoms with E-state index in [0.717, 1.165) is 11.1 Å². The van der Waals surface area contributed by atoms with Gasteiger partial charge in [0.1, 0.15) is 5.82 Å². The standard InChI is InChI=1S/C18H13Cl2FN2O/c1-11(18(20)24)17-16(12-2-4-13(19)5-3-12)10-23(22-17)15-8-6-14(21)7-9-15/h2-11H,1H3. The van der Waals surface area contributed by atoms with Crippen LogP contribution < -0.4 is 0 Å². The number of rotatable bonds is 4. The van der Waals surface area contributed by atoms with Crippen molar-refractivity contribution in [3.05, 3.63) is 71.3 Å². The molecule has 0 N–H and O–H groups in total. The van der Waals surface area contributed by atoms with E-state index in [1.54, 1.807) is 42.1 Å². The van der Waals surface area contributed by atoms with Gasteiger partial charge in [0.05, 0.1) is 17.3 Å². The van der Waals surface area contributed by atoms with Crippen LogP contribution in [0.4, 0.5) is 4.39 Å². The van der Waals surface area contributed by atoms with E-state index in [0.29, 0.717) is 16.4 Å². The van der Waals surface area contributed by atoms with Gasteiger partial charge in [0, 0.05) is 16.8 Å². The van der Waals surface area contributed by atoms with Gasteiger partial charge in [-0.25, -0.2) is 9.07 Å². The molecule has 0 radical (unpaired) electrons. The molecule has 0 fully saturated rings. The van der Waals surface area contributed by atoms with Crippen molar-refractivity contribution in [3.63, 3.8) is 0 Å². The molecule has 1 atom stereocenters. The minimum absolute atomic E-state index is 0.326. The van der Waals surface area contributed by atoms with Gasteiger partial charge in [-0.05, 0) is 60.5 Å². The molecule has 0 saturated heterocycles. The average molecular weight is 363 g/mol. The second-order valence-electron chi connectivity index (χ2n) is 5.38. The summed E-state index contributed by atoms with van der Waals surface area (Å²) < 4.78 is 14.7. The van der Waals surface area contributed by atoms with Crippen molar-refractivity contribution in [2.75, 3.05) is 0 Å². The summed E-state index contributed by atoms with van der Waals surface area (Å²) in [5, 5.41) is 4.61. The predicted molar refractivity (Wildman–Crippen MR) is 93.2 cm³/mol. The van der Waals surface area contributed by atoms with Crippen LogP contribution in [0.1, 0.15) is 18.5 Å². The topological polar surface area (TPSA) is 34.9 Å². The van der Waals surface area contributed by atoms with Gasteiger partial charge in [0.25, 0.3) is 0 Å². The quantitative estimate of drug-likeness (QED) is 0.597. The largest absolute Gasteiger partial charge is 0.281 e. The Morgan fingerprint density at radius 2 is 1.75 bits per heavy atom. The summed E-state index contributed by atoms with van der Waals surface area (Å²) in [6, 6.07) is 13.2. The Hall–Kier alpha value is -2.17. The van der Waals surface area contributed by atoms with Gasteiger partial charge < -0.3 is 0 Å². The highest BCUT2D eigenvalue weighted by Gasteiger charge is 2.22. The fraction of sp³-hybridized carbons (Fsp3) is 0.111. The smallest absolute Gasteiger partial charge is 0.230 e. The monoisotopic (exact) mass is 362 g/mol. The molecule has 0 aliphatic rings. The number of aromatic nitrogens is 2. The maximum atomic E-state index is 13.1. The Balaban J connectivity index is 2.13. The van der Waals surface area contributed by atoms with Crippen molar-refractivity contribution in [3.8, 4) is 16.8 Å². The summed E-state index contributed by atoms with van der Waals surface area (Å²) in [5.41, 5.74) is 2.89. The number of nitrogens with zero attached hydrogens (tertiary/aromatic N) is 2. The van der Waals surface area contributed by atoms with E-state index in [1.165, 1.54) is 12.1 Å². The molecule has 0 aliphatic heterocycles. The maximum Gasteiger partial charge on any atom is 0.230 e. The number of hydrogen-bond donors (Lipinski definition) is 0. The number of hydrogen-bond acceptors (Lipinski definition) is 2. The van der Waals surface area contributed by atoms with Crippen LogP contribution in [0.15, 0.2) is 54.7 Å². The molecule has 1 aromatic heterocycles. The molecule has 1 heterocycles. The molecule has 3 aromatic rings. The molecule has 0 saturated carbocycles. The zero-order valence-corrected chi connectivity index (χ0v) is 14.2. The maximum absolute atomic E-state index is 13.1. The second-order valence-corrected chi connectivity index (χ2v) is 6.19. The summed E-state index contributed by atoms with van der Waals surface area (Å²) in [6.07, 6.45) is 1.79. The molecule has 0 spiro atoms. The highest BCUT2D eigenvalue weighted by atomic mass is 35.5. The summed E-state index contributed by atoms with van der Waals surface area (Å²) in [7, 11) is 0. The lowest BCUT2D eigenvalue weighted by molar-refractivity contribution is -0.112. The van der Waals surface area contributed by atoms with Gasteiger partial charge in [-0.15, -0.1) is 0 Å². The number of halogens is 3. The second kappa shape index (κ2) is 6.75. The van der Waals surface area contributed by atoms with Crippen molar-refractivity contribution in [2.45, 2.75) is 12.8 Å². The third kappa shape index (κ3) is 3.35. The Bertz CT molecular complexity index is 873. The first kappa shape index (κ1) is 16.7. The van der Waals surface area contributed by atoms with E-state index in [-0.39, 0.29) is 5.82 Å². The summed E-state index contributed by atoms with van der Waals surface area (Å²) in [5.74, 6) is -0.896. The van der Waals surface area contributed by atoms with E-state index in [9.17, 15) is 9.18 Å². The van der Waals surface area contributed by atoms with Crippen LogP contribution in [0.25, 0.3) is 16.8 Å². The first-order valence-corrected chi connectivity index (χ1v) is 8.02. The fourth-order valence-corrected chi connectivity index (χ4v) is 2.62. The molecule has 122 valence electrons. The zero-order valence-electron chi connectivity index (χ0n) is 12.7. The van der Waals surface area contributed by atoms with Gasteiger partial charge in [-0.3, -0.25) is 4.79 Å². The van der Waals surface area contributed by atoms with E-state index in [1.807, 2.05) is 12.1 Å².